The molecule has 0 fully saturated rings. The molecule has 0 aliphatic carbocycles. The van der Waals surface area contributed by atoms with E-state index < -0.39 is 0 Å². The Bertz CT molecular complexity index is 327. The van der Waals surface area contributed by atoms with Crippen molar-refractivity contribution in [3.63, 3.8) is 0 Å². The number of methoxy groups -OCH3 is 1. The number of nitrogens with one attached hydrogen (secondary N) is 2. The third-order valence-corrected chi connectivity index (χ3v) is 1.60. The second kappa shape index (κ2) is 4.18. The minimum absolute atomic E-state index is 0.176. The fourth-order valence-corrected chi connectivity index (χ4v) is 1.10. The van der Waals surface area contributed by atoms with Gasteiger partial charge in [0.2, 0.25) is 0 Å². The van der Waals surface area contributed by atoms with Gasteiger partial charge in [-0.05, 0) is 12.2 Å². The quantitative estimate of drug-likeness (QED) is 0.680. The Hall–Kier alpha value is -0.940. The Morgan fingerprint density at radius 1 is 1.58 bits per heavy atom. The zero-order valence-electron chi connectivity index (χ0n) is 6.72. The second-order valence-electron chi connectivity index (χ2n) is 2.36. The first-order valence-corrected chi connectivity index (χ1v) is 3.94. The molecular weight excluding hydrogens is 176 g/mol. The third-order valence-electron chi connectivity index (χ3n) is 1.39. The molecule has 1 rings (SSSR count). The number of aromatic amines is 2. The van der Waals surface area contributed by atoms with E-state index in [2.05, 4.69) is 9.97 Å². The highest BCUT2D eigenvalue weighted by Gasteiger charge is 1.93. The van der Waals surface area contributed by atoms with Crippen molar-refractivity contribution >= 4 is 12.2 Å². The second-order valence-corrected chi connectivity index (χ2v) is 2.76. The molecule has 0 radical (unpaired) electrons. The summed E-state index contributed by atoms with van der Waals surface area (Å²) in [7, 11) is 1.61. The summed E-state index contributed by atoms with van der Waals surface area (Å²) in [5.41, 5.74) is 0.621. The molecule has 5 heteroatoms. The van der Waals surface area contributed by atoms with Gasteiger partial charge in [0, 0.05) is 25.3 Å². The SMILES string of the molecule is COCCc1cc(=O)[nH]c(=S)[nH]1. The van der Waals surface area contributed by atoms with E-state index in [1.54, 1.807) is 7.11 Å². The van der Waals surface area contributed by atoms with Gasteiger partial charge in [-0.3, -0.25) is 9.78 Å². The molecule has 0 unspecified atom stereocenters. The zero-order valence-corrected chi connectivity index (χ0v) is 7.53. The summed E-state index contributed by atoms with van der Waals surface area (Å²) >= 11 is 4.79. The molecular formula is C7H10N2O2S. The summed E-state index contributed by atoms with van der Waals surface area (Å²) in [5.74, 6) is 0. The smallest absolute Gasteiger partial charge is 0.251 e. The fraction of sp³-hybridized carbons (Fsp3) is 0.429. The molecule has 0 spiro atoms. The van der Waals surface area contributed by atoms with E-state index in [1.807, 2.05) is 0 Å². The van der Waals surface area contributed by atoms with Crippen molar-refractivity contribution in [2.45, 2.75) is 6.42 Å². The molecule has 1 aromatic rings. The number of H-pyrrole nitrogens is 2. The van der Waals surface area contributed by atoms with Crippen LogP contribution in [0.15, 0.2) is 10.9 Å². The molecule has 1 heterocycles. The summed E-state index contributed by atoms with van der Waals surface area (Å²) < 4.78 is 5.21. The maximum atomic E-state index is 10.9. The van der Waals surface area contributed by atoms with Crippen LogP contribution in [-0.2, 0) is 11.2 Å². The Morgan fingerprint density at radius 2 is 2.33 bits per heavy atom. The summed E-state index contributed by atoms with van der Waals surface area (Å²) in [4.78, 5) is 16.2. The van der Waals surface area contributed by atoms with E-state index in [9.17, 15) is 4.79 Å². The predicted molar refractivity (Wildman–Crippen MR) is 47.8 cm³/mol. The highest BCUT2D eigenvalue weighted by molar-refractivity contribution is 7.71. The van der Waals surface area contributed by atoms with Gasteiger partial charge < -0.3 is 9.72 Å². The van der Waals surface area contributed by atoms with Crippen LogP contribution in [-0.4, -0.2) is 23.7 Å². The Kier molecular flexibility index (Phi) is 3.19. The number of hydrogen-bond acceptors (Lipinski definition) is 3. The minimum atomic E-state index is -0.176. The van der Waals surface area contributed by atoms with E-state index in [0.717, 1.165) is 5.69 Å². The molecule has 0 saturated carbocycles. The highest BCUT2D eigenvalue weighted by atomic mass is 32.1. The van der Waals surface area contributed by atoms with E-state index in [-0.39, 0.29) is 5.56 Å². The molecule has 1 aromatic heterocycles. The van der Waals surface area contributed by atoms with E-state index in [0.29, 0.717) is 17.8 Å². The fourth-order valence-electron chi connectivity index (χ4n) is 0.866. The monoisotopic (exact) mass is 186 g/mol. The molecule has 0 aliphatic rings. The van der Waals surface area contributed by atoms with Crippen LogP contribution in [0.4, 0.5) is 0 Å². The minimum Gasteiger partial charge on any atom is -0.384 e. The Morgan fingerprint density at radius 3 is 2.92 bits per heavy atom. The number of hydrogen-bond donors (Lipinski definition) is 2. The van der Waals surface area contributed by atoms with E-state index in [4.69, 9.17) is 17.0 Å². The number of ether oxygens (including phenoxy) is 1. The maximum absolute atomic E-state index is 10.9. The van der Waals surface area contributed by atoms with Gasteiger partial charge in [-0.2, -0.15) is 0 Å². The molecule has 0 bridgehead atoms. The van der Waals surface area contributed by atoms with Crippen molar-refractivity contribution in [1.82, 2.24) is 9.97 Å². The molecule has 12 heavy (non-hydrogen) atoms. The lowest BCUT2D eigenvalue weighted by Gasteiger charge is -1.98. The van der Waals surface area contributed by atoms with Crippen molar-refractivity contribution in [2.24, 2.45) is 0 Å². The third kappa shape index (κ3) is 2.60. The predicted octanol–water partition coefficient (Wildman–Crippen LogP) is 0.621. The Balaban J connectivity index is 2.86. The van der Waals surface area contributed by atoms with Gasteiger partial charge in [-0.25, -0.2) is 0 Å². The molecule has 4 nitrogen and oxygen atoms in total. The first kappa shape index (κ1) is 9.15. The first-order valence-electron chi connectivity index (χ1n) is 3.54. The van der Waals surface area contributed by atoms with E-state index in [1.165, 1.54) is 6.07 Å². The summed E-state index contributed by atoms with van der Waals surface area (Å²) in [6, 6.07) is 1.48. The average Bonchev–Trinajstić information content (AvgIpc) is 1.99. The zero-order chi connectivity index (χ0) is 8.97. The van der Waals surface area contributed by atoms with Gasteiger partial charge in [0.15, 0.2) is 4.77 Å². The van der Waals surface area contributed by atoms with Crippen LogP contribution in [0, 0.1) is 4.77 Å². The largest absolute Gasteiger partial charge is 0.384 e. The number of rotatable bonds is 3. The van der Waals surface area contributed by atoms with Gasteiger partial charge in [0.25, 0.3) is 5.56 Å². The van der Waals surface area contributed by atoms with Crippen molar-refractivity contribution in [3.05, 3.63) is 26.9 Å². The van der Waals surface area contributed by atoms with Crippen molar-refractivity contribution in [2.75, 3.05) is 13.7 Å². The molecule has 0 aromatic carbocycles. The normalized spacial score (nSPS) is 10.1. The highest BCUT2D eigenvalue weighted by Crippen LogP contribution is 1.90. The van der Waals surface area contributed by atoms with Gasteiger partial charge in [0.1, 0.15) is 0 Å². The van der Waals surface area contributed by atoms with Crippen LogP contribution in [0.25, 0.3) is 0 Å². The lowest BCUT2D eigenvalue weighted by atomic mass is 10.3. The molecule has 0 amide bonds. The van der Waals surface area contributed by atoms with Crippen LogP contribution in [0.3, 0.4) is 0 Å². The van der Waals surface area contributed by atoms with Crippen LogP contribution in [0.5, 0.6) is 0 Å². The van der Waals surface area contributed by atoms with Crippen LogP contribution >= 0.6 is 12.2 Å². The average molecular weight is 186 g/mol. The topological polar surface area (TPSA) is 57.9 Å². The Labute approximate surface area is 74.6 Å². The molecule has 0 atom stereocenters. The van der Waals surface area contributed by atoms with Gasteiger partial charge in [0.05, 0.1) is 6.61 Å². The lowest BCUT2D eigenvalue weighted by molar-refractivity contribution is 0.201. The van der Waals surface area contributed by atoms with Gasteiger partial charge in [-0.1, -0.05) is 0 Å². The summed E-state index contributed by atoms with van der Waals surface area (Å²) in [6.45, 7) is 0.578. The van der Waals surface area contributed by atoms with Crippen molar-refractivity contribution in [3.8, 4) is 0 Å². The van der Waals surface area contributed by atoms with Crippen molar-refractivity contribution in [1.29, 1.82) is 0 Å². The lowest BCUT2D eigenvalue weighted by Crippen LogP contribution is -2.09. The molecule has 2 N–H and O–H groups in total. The van der Waals surface area contributed by atoms with Crippen LogP contribution in [0.2, 0.25) is 0 Å². The molecule has 0 saturated heterocycles. The van der Waals surface area contributed by atoms with Gasteiger partial charge in [-0.15, -0.1) is 0 Å². The molecule has 66 valence electrons. The van der Waals surface area contributed by atoms with E-state index >= 15 is 0 Å². The first-order chi connectivity index (χ1) is 5.72. The van der Waals surface area contributed by atoms with Crippen LogP contribution in [0.1, 0.15) is 5.69 Å². The maximum Gasteiger partial charge on any atom is 0.251 e. The van der Waals surface area contributed by atoms with Crippen molar-refractivity contribution < 1.29 is 4.74 Å². The van der Waals surface area contributed by atoms with Gasteiger partial charge >= 0.3 is 0 Å². The number of aromatic nitrogens is 2. The standard InChI is InChI=1S/C7H10N2O2S/c1-11-3-2-5-4-6(10)9-7(12)8-5/h4H,2-3H2,1H3,(H2,8,9,10,12). The summed E-state index contributed by atoms with van der Waals surface area (Å²) in [6.07, 6.45) is 0.671. The molecule has 0 aliphatic heterocycles. The summed E-state index contributed by atoms with van der Waals surface area (Å²) in [5, 5.41) is 0. The van der Waals surface area contributed by atoms with Crippen LogP contribution < -0.4 is 5.56 Å².